The Morgan fingerprint density at radius 2 is 1.55 bits per heavy atom. The lowest BCUT2D eigenvalue weighted by molar-refractivity contribution is 0.589. The van der Waals surface area contributed by atoms with Crippen molar-refractivity contribution in [2.45, 2.75) is 32.2 Å². The maximum Gasteiger partial charge on any atom is 0.0566 e. The number of rotatable bonds is 2. The molecular formula is C17H19Cl2N. The van der Waals surface area contributed by atoms with Gasteiger partial charge in [-0.15, -0.1) is 0 Å². The van der Waals surface area contributed by atoms with Crippen LogP contribution in [0.5, 0.6) is 0 Å². The number of halogens is 2. The molecule has 0 radical (unpaired) electrons. The summed E-state index contributed by atoms with van der Waals surface area (Å²) in [6.45, 7) is 6.57. The summed E-state index contributed by atoms with van der Waals surface area (Å²) in [6.07, 6.45) is 0. The molecule has 0 spiro atoms. The molecule has 1 unspecified atom stereocenters. The van der Waals surface area contributed by atoms with Gasteiger partial charge in [-0.1, -0.05) is 68.2 Å². The third kappa shape index (κ3) is 3.35. The van der Waals surface area contributed by atoms with Crippen LogP contribution in [0.1, 0.15) is 43.5 Å². The van der Waals surface area contributed by atoms with Gasteiger partial charge < -0.3 is 5.73 Å². The zero-order valence-electron chi connectivity index (χ0n) is 12.0. The largest absolute Gasteiger partial charge is 0.320 e. The molecule has 0 amide bonds. The SMILES string of the molecule is CC(C)(C)c1ccc(C(N)c2cc(Cl)ccc2Cl)cc1. The average molecular weight is 308 g/mol. The van der Waals surface area contributed by atoms with Gasteiger partial charge in [0.1, 0.15) is 0 Å². The van der Waals surface area contributed by atoms with Crippen molar-refractivity contribution < 1.29 is 0 Å². The van der Waals surface area contributed by atoms with Crippen molar-refractivity contribution in [3.8, 4) is 0 Å². The molecule has 0 aliphatic heterocycles. The first kappa shape index (κ1) is 15.4. The van der Waals surface area contributed by atoms with E-state index in [0.717, 1.165) is 11.1 Å². The van der Waals surface area contributed by atoms with Crippen LogP contribution >= 0.6 is 23.2 Å². The van der Waals surface area contributed by atoms with Gasteiger partial charge in [0.05, 0.1) is 6.04 Å². The smallest absolute Gasteiger partial charge is 0.0566 e. The summed E-state index contributed by atoms with van der Waals surface area (Å²) in [4.78, 5) is 0. The molecule has 1 atom stereocenters. The van der Waals surface area contributed by atoms with Crippen LogP contribution in [0.2, 0.25) is 10.0 Å². The second kappa shape index (κ2) is 5.77. The summed E-state index contributed by atoms with van der Waals surface area (Å²) in [6, 6.07) is 13.5. The van der Waals surface area contributed by atoms with Crippen molar-refractivity contribution in [1.29, 1.82) is 0 Å². The van der Waals surface area contributed by atoms with Gasteiger partial charge in [-0.2, -0.15) is 0 Å². The van der Waals surface area contributed by atoms with Crippen molar-refractivity contribution >= 4 is 23.2 Å². The van der Waals surface area contributed by atoms with E-state index in [1.54, 1.807) is 12.1 Å². The third-order valence-electron chi connectivity index (χ3n) is 3.43. The van der Waals surface area contributed by atoms with Crippen LogP contribution in [-0.2, 0) is 5.41 Å². The van der Waals surface area contributed by atoms with Crippen LogP contribution in [0.4, 0.5) is 0 Å². The molecular weight excluding hydrogens is 289 g/mol. The first-order chi connectivity index (χ1) is 9.29. The summed E-state index contributed by atoms with van der Waals surface area (Å²) in [5.74, 6) is 0. The van der Waals surface area contributed by atoms with Gasteiger partial charge >= 0.3 is 0 Å². The van der Waals surface area contributed by atoms with Crippen LogP contribution < -0.4 is 5.73 Å². The van der Waals surface area contributed by atoms with Gasteiger partial charge in [-0.3, -0.25) is 0 Å². The highest BCUT2D eigenvalue weighted by Gasteiger charge is 2.16. The predicted octanol–water partition coefficient (Wildman–Crippen LogP) is 5.34. The fraction of sp³-hybridized carbons (Fsp3) is 0.294. The van der Waals surface area contributed by atoms with Gasteiger partial charge in [-0.25, -0.2) is 0 Å². The van der Waals surface area contributed by atoms with E-state index in [0.29, 0.717) is 10.0 Å². The van der Waals surface area contributed by atoms with E-state index in [2.05, 4.69) is 45.0 Å². The zero-order chi connectivity index (χ0) is 14.9. The van der Waals surface area contributed by atoms with Crippen molar-refractivity contribution in [2.75, 3.05) is 0 Å². The maximum atomic E-state index is 6.30. The second-order valence-electron chi connectivity index (χ2n) is 6.02. The molecule has 2 aromatic carbocycles. The fourth-order valence-electron chi connectivity index (χ4n) is 2.12. The average Bonchev–Trinajstić information content (AvgIpc) is 2.40. The van der Waals surface area contributed by atoms with Crippen LogP contribution in [-0.4, -0.2) is 0 Å². The molecule has 0 bridgehead atoms. The summed E-state index contributed by atoms with van der Waals surface area (Å²) in [7, 11) is 0. The van der Waals surface area contributed by atoms with E-state index in [4.69, 9.17) is 28.9 Å². The minimum atomic E-state index is -0.268. The van der Waals surface area contributed by atoms with Crippen LogP contribution in [0.3, 0.4) is 0 Å². The molecule has 0 saturated carbocycles. The number of hydrogen-bond donors (Lipinski definition) is 1. The maximum absolute atomic E-state index is 6.30. The number of benzene rings is 2. The molecule has 0 heterocycles. The molecule has 2 N–H and O–H groups in total. The lowest BCUT2D eigenvalue weighted by Gasteiger charge is -2.20. The van der Waals surface area contributed by atoms with Crippen molar-refractivity contribution in [1.82, 2.24) is 0 Å². The van der Waals surface area contributed by atoms with E-state index in [9.17, 15) is 0 Å². The normalized spacial score (nSPS) is 13.3. The molecule has 0 aromatic heterocycles. The molecule has 2 aromatic rings. The van der Waals surface area contributed by atoms with E-state index in [-0.39, 0.29) is 11.5 Å². The molecule has 0 fully saturated rings. The lowest BCUT2D eigenvalue weighted by Crippen LogP contribution is -2.14. The summed E-state index contributed by atoms with van der Waals surface area (Å²) in [5.41, 5.74) is 9.60. The third-order valence-corrected chi connectivity index (χ3v) is 4.01. The molecule has 20 heavy (non-hydrogen) atoms. The van der Waals surface area contributed by atoms with E-state index in [1.807, 2.05) is 6.07 Å². The second-order valence-corrected chi connectivity index (χ2v) is 6.86. The first-order valence-electron chi connectivity index (χ1n) is 6.60. The summed E-state index contributed by atoms with van der Waals surface area (Å²) < 4.78 is 0. The van der Waals surface area contributed by atoms with E-state index in [1.165, 1.54) is 5.56 Å². The van der Waals surface area contributed by atoms with Crippen LogP contribution in [0.15, 0.2) is 42.5 Å². The molecule has 2 rings (SSSR count). The van der Waals surface area contributed by atoms with Gasteiger partial charge in [-0.05, 0) is 40.3 Å². The summed E-state index contributed by atoms with van der Waals surface area (Å²) in [5, 5.41) is 1.29. The molecule has 3 heteroatoms. The Kier molecular flexibility index (Phi) is 4.43. The fourth-order valence-corrected chi connectivity index (χ4v) is 2.54. The highest BCUT2D eigenvalue weighted by Crippen LogP contribution is 2.30. The number of nitrogens with two attached hydrogens (primary N) is 1. The van der Waals surface area contributed by atoms with Gasteiger partial charge in [0.25, 0.3) is 0 Å². The van der Waals surface area contributed by atoms with E-state index >= 15 is 0 Å². The lowest BCUT2D eigenvalue weighted by atomic mass is 9.86. The molecule has 1 nitrogen and oxygen atoms in total. The Labute approximate surface area is 130 Å². The van der Waals surface area contributed by atoms with Crippen LogP contribution in [0, 0.1) is 0 Å². The molecule has 0 saturated heterocycles. The van der Waals surface area contributed by atoms with Gasteiger partial charge in [0, 0.05) is 10.0 Å². The Bertz CT molecular complexity index is 597. The molecule has 106 valence electrons. The Morgan fingerprint density at radius 1 is 0.950 bits per heavy atom. The standard InChI is InChI=1S/C17H19Cl2N/c1-17(2,3)12-6-4-11(5-7-12)16(20)14-10-13(18)8-9-15(14)19/h4-10,16H,20H2,1-3H3. The Morgan fingerprint density at radius 3 is 2.10 bits per heavy atom. The quantitative estimate of drug-likeness (QED) is 0.796. The first-order valence-corrected chi connectivity index (χ1v) is 7.35. The van der Waals surface area contributed by atoms with Gasteiger partial charge in [0.15, 0.2) is 0 Å². The van der Waals surface area contributed by atoms with Crippen molar-refractivity contribution in [3.05, 3.63) is 69.2 Å². The highest BCUT2D eigenvalue weighted by atomic mass is 35.5. The van der Waals surface area contributed by atoms with Crippen molar-refractivity contribution in [2.24, 2.45) is 5.73 Å². The topological polar surface area (TPSA) is 26.0 Å². The Balaban J connectivity index is 2.34. The summed E-state index contributed by atoms with van der Waals surface area (Å²) >= 11 is 12.2. The van der Waals surface area contributed by atoms with Crippen molar-refractivity contribution in [3.63, 3.8) is 0 Å². The monoisotopic (exact) mass is 307 g/mol. The van der Waals surface area contributed by atoms with Crippen LogP contribution in [0.25, 0.3) is 0 Å². The highest BCUT2D eigenvalue weighted by molar-refractivity contribution is 6.33. The zero-order valence-corrected chi connectivity index (χ0v) is 13.5. The molecule has 0 aliphatic carbocycles. The van der Waals surface area contributed by atoms with E-state index < -0.39 is 0 Å². The Hall–Kier alpha value is -1.02. The van der Waals surface area contributed by atoms with Gasteiger partial charge in [0.2, 0.25) is 0 Å². The minimum Gasteiger partial charge on any atom is -0.320 e. The predicted molar refractivity (Wildman–Crippen MR) is 87.6 cm³/mol. The molecule has 0 aliphatic rings. The minimum absolute atomic E-state index is 0.135. The number of hydrogen-bond acceptors (Lipinski definition) is 1.